The van der Waals surface area contributed by atoms with Crippen molar-refractivity contribution in [3.8, 4) is 0 Å². The summed E-state index contributed by atoms with van der Waals surface area (Å²) < 4.78 is 1.16. The fourth-order valence-electron chi connectivity index (χ4n) is 2.82. The molecule has 0 N–H and O–H groups in total. The number of benzene rings is 2. The lowest BCUT2D eigenvalue weighted by Crippen LogP contribution is -2.29. The highest BCUT2D eigenvalue weighted by Gasteiger charge is 2.16. The van der Waals surface area contributed by atoms with E-state index in [1.54, 1.807) is 0 Å². The molecule has 0 aromatic heterocycles. The van der Waals surface area contributed by atoms with Crippen LogP contribution >= 0.6 is 15.9 Å². The van der Waals surface area contributed by atoms with Gasteiger partial charge in [0, 0.05) is 23.2 Å². The Morgan fingerprint density at radius 3 is 2.84 bits per heavy atom. The number of para-hydroxylation sites is 1. The van der Waals surface area contributed by atoms with Crippen molar-refractivity contribution >= 4 is 21.6 Å². The average Bonchev–Trinajstić information content (AvgIpc) is 2.42. The molecule has 0 aliphatic carbocycles. The van der Waals surface area contributed by atoms with E-state index in [-0.39, 0.29) is 0 Å². The third kappa shape index (κ3) is 2.69. The number of halogens is 1. The molecule has 1 heterocycles. The van der Waals surface area contributed by atoms with E-state index in [0.717, 1.165) is 17.6 Å². The average molecular weight is 316 g/mol. The zero-order valence-corrected chi connectivity index (χ0v) is 12.8. The maximum Gasteiger partial charge on any atom is 0.0432 e. The van der Waals surface area contributed by atoms with E-state index in [4.69, 9.17) is 0 Å². The molecule has 0 atom stereocenters. The first kappa shape index (κ1) is 12.7. The van der Waals surface area contributed by atoms with Crippen LogP contribution in [0.1, 0.15) is 23.1 Å². The van der Waals surface area contributed by atoms with Crippen LogP contribution in [0.3, 0.4) is 0 Å². The highest BCUT2D eigenvalue weighted by atomic mass is 79.9. The normalized spacial score (nSPS) is 14.3. The van der Waals surface area contributed by atoms with Gasteiger partial charge >= 0.3 is 0 Å². The minimum absolute atomic E-state index is 1.01. The van der Waals surface area contributed by atoms with Gasteiger partial charge in [-0.15, -0.1) is 0 Å². The summed E-state index contributed by atoms with van der Waals surface area (Å²) in [4.78, 5) is 2.51. The molecule has 0 amide bonds. The first-order chi connectivity index (χ1) is 9.24. The minimum Gasteiger partial charge on any atom is -0.367 e. The molecular weight excluding hydrogens is 298 g/mol. The molecule has 0 unspecified atom stereocenters. The van der Waals surface area contributed by atoms with Crippen molar-refractivity contribution < 1.29 is 0 Å². The summed E-state index contributed by atoms with van der Waals surface area (Å²) in [5, 5.41) is 0. The summed E-state index contributed by atoms with van der Waals surface area (Å²) in [5.74, 6) is 0. The zero-order valence-electron chi connectivity index (χ0n) is 11.2. The largest absolute Gasteiger partial charge is 0.367 e. The Kier molecular flexibility index (Phi) is 3.61. The number of rotatable bonds is 2. The van der Waals surface area contributed by atoms with Gasteiger partial charge in [-0.05, 0) is 54.7 Å². The van der Waals surface area contributed by atoms with Crippen LogP contribution in [0.15, 0.2) is 46.9 Å². The van der Waals surface area contributed by atoms with Crippen molar-refractivity contribution in [1.82, 2.24) is 0 Å². The van der Waals surface area contributed by atoms with E-state index in [1.807, 2.05) is 0 Å². The molecule has 1 nitrogen and oxygen atoms in total. The predicted octanol–water partition coefficient (Wildman–Crippen LogP) is 4.71. The van der Waals surface area contributed by atoms with Gasteiger partial charge in [0.2, 0.25) is 0 Å². The van der Waals surface area contributed by atoms with Crippen molar-refractivity contribution in [3.63, 3.8) is 0 Å². The standard InChI is InChI=1S/C17H18BrN/c1-13-11-16(18)9-8-15(13)12-19-10-4-6-14-5-2-3-7-17(14)19/h2-3,5,7-9,11H,4,6,10,12H2,1H3. The number of hydrogen-bond donors (Lipinski definition) is 0. The third-order valence-electron chi connectivity index (χ3n) is 3.87. The fourth-order valence-corrected chi connectivity index (χ4v) is 3.29. The number of hydrogen-bond acceptors (Lipinski definition) is 1. The van der Waals surface area contributed by atoms with Crippen LogP contribution in [0.25, 0.3) is 0 Å². The minimum atomic E-state index is 1.01. The molecule has 1 aliphatic heterocycles. The van der Waals surface area contributed by atoms with Crippen molar-refractivity contribution in [2.24, 2.45) is 0 Å². The van der Waals surface area contributed by atoms with Gasteiger partial charge in [-0.3, -0.25) is 0 Å². The second-order valence-corrected chi connectivity index (χ2v) is 6.14. The SMILES string of the molecule is Cc1cc(Br)ccc1CN1CCCc2ccccc21. The van der Waals surface area contributed by atoms with Gasteiger partial charge in [-0.1, -0.05) is 40.2 Å². The first-order valence-corrected chi connectivity index (χ1v) is 7.61. The monoisotopic (exact) mass is 315 g/mol. The summed E-state index contributed by atoms with van der Waals surface area (Å²) in [6.07, 6.45) is 2.47. The molecule has 0 saturated carbocycles. The van der Waals surface area contributed by atoms with Crippen LogP contribution in [0.2, 0.25) is 0 Å². The van der Waals surface area contributed by atoms with E-state index in [1.165, 1.54) is 35.2 Å². The number of nitrogens with zero attached hydrogens (tertiary/aromatic N) is 1. The molecule has 0 saturated heterocycles. The summed E-state index contributed by atoms with van der Waals surface area (Å²) in [6.45, 7) is 4.36. The van der Waals surface area contributed by atoms with Gasteiger partial charge in [0.1, 0.15) is 0 Å². The molecule has 0 bridgehead atoms. The van der Waals surface area contributed by atoms with E-state index in [0.29, 0.717) is 0 Å². The van der Waals surface area contributed by atoms with Crippen molar-refractivity contribution in [1.29, 1.82) is 0 Å². The summed E-state index contributed by atoms with van der Waals surface area (Å²) >= 11 is 3.53. The number of aryl methyl sites for hydroxylation is 2. The Hall–Kier alpha value is -1.28. The molecular formula is C17H18BrN. The molecule has 0 radical (unpaired) electrons. The second kappa shape index (κ2) is 5.38. The van der Waals surface area contributed by atoms with E-state index >= 15 is 0 Å². The number of fused-ring (bicyclic) bond motifs is 1. The quantitative estimate of drug-likeness (QED) is 0.775. The topological polar surface area (TPSA) is 3.24 Å². The Morgan fingerprint density at radius 1 is 1.16 bits per heavy atom. The molecule has 98 valence electrons. The van der Waals surface area contributed by atoms with E-state index in [9.17, 15) is 0 Å². The molecule has 19 heavy (non-hydrogen) atoms. The van der Waals surface area contributed by atoms with Gasteiger partial charge in [0.05, 0.1) is 0 Å². The van der Waals surface area contributed by atoms with E-state index < -0.39 is 0 Å². The zero-order chi connectivity index (χ0) is 13.2. The maximum atomic E-state index is 3.53. The summed E-state index contributed by atoms with van der Waals surface area (Å²) in [6, 6.07) is 15.4. The lowest BCUT2D eigenvalue weighted by molar-refractivity contribution is 0.690. The molecule has 0 spiro atoms. The Morgan fingerprint density at radius 2 is 2.00 bits per heavy atom. The molecule has 3 rings (SSSR count). The Labute approximate surface area is 123 Å². The van der Waals surface area contributed by atoms with Gasteiger partial charge in [0.15, 0.2) is 0 Å². The van der Waals surface area contributed by atoms with Crippen LogP contribution in [0.5, 0.6) is 0 Å². The Bertz CT molecular complexity index is 592. The molecule has 1 aliphatic rings. The van der Waals surface area contributed by atoms with Crippen LogP contribution in [0, 0.1) is 6.92 Å². The third-order valence-corrected chi connectivity index (χ3v) is 4.37. The second-order valence-electron chi connectivity index (χ2n) is 5.22. The van der Waals surface area contributed by atoms with Gasteiger partial charge in [-0.25, -0.2) is 0 Å². The van der Waals surface area contributed by atoms with Crippen LogP contribution in [-0.2, 0) is 13.0 Å². The molecule has 0 fully saturated rings. The summed E-state index contributed by atoms with van der Waals surface area (Å²) in [5.41, 5.74) is 5.68. The van der Waals surface area contributed by atoms with Crippen molar-refractivity contribution in [2.45, 2.75) is 26.3 Å². The first-order valence-electron chi connectivity index (χ1n) is 6.82. The highest BCUT2D eigenvalue weighted by Crippen LogP contribution is 2.29. The molecule has 2 aromatic rings. The maximum absolute atomic E-state index is 3.53. The lowest BCUT2D eigenvalue weighted by atomic mass is 10.0. The number of anilines is 1. The Balaban J connectivity index is 1.88. The smallest absolute Gasteiger partial charge is 0.0432 e. The van der Waals surface area contributed by atoms with Crippen LogP contribution < -0.4 is 4.90 Å². The fraction of sp³-hybridized carbons (Fsp3) is 0.294. The van der Waals surface area contributed by atoms with Crippen molar-refractivity contribution in [2.75, 3.05) is 11.4 Å². The molecule has 2 heteroatoms. The van der Waals surface area contributed by atoms with Gasteiger partial charge < -0.3 is 4.90 Å². The van der Waals surface area contributed by atoms with Gasteiger partial charge in [0.25, 0.3) is 0 Å². The summed E-state index contributed by atoms with van der Waals surface area (Å²) in [7, 11) is 0. The molecule has 2 aromatic carbocycles. The predicted molar refractivity (Wildman–Crippen MR) is 84.7 cm³/mol. The van der Waals surface area contributed by atoms with Crippen LogP contribution in [-0.4, -0.2) is 6.54 Å². The van der Waals surface area contributed by atoms with Crippen LogP contribution in [0.4, 0.5) is 5.69 Å². The highest BCUT2D eigenvalue weighted by molar-refractivity contribution is 9.10. The van der Waals surface area contributed by atoms with E-state index in [2.05, 4.69) is 70.2 Å². The van der Waals surface area contributed by atoms with Crippen molar-refractivity contribution in [3.05, 3.63) is 63.6 Å². The van der Waals surface area contributed by atoms with Gasteiger partial charge in [-0.2, -0.15) is 0 Å². The lowest BCUT2D eigenvalue weighted by Gasteiger charge is -2.31.